The highest BCUT2D eigenvalue weighted by Crippen LogP contribution is 2.40. The number of aryl methyl sites for hydroxylation is 1. The van der Waals surface area contributed by atoms with E-state index in [1.54, 1.807) is 6.07 Å². The second-order valence-corrected chi connectivity index (χ2v) is 9.61. The van der Waals surface area contributed by atoms with Gasteiger partial charge in [0, 0.05) is 25.7 Å². The average molecular weight is 491 g/mol. The Balaban J connectivity index is 1.57. The summed E-state index contributed by atoms with van der Waals surface area (Å²) in [4.78, 5) is 32.4. The van der Waals surface area contributed by atoms with Gasteiger partial charge >= 0.3 is 6.09 Å². The molecule has 1 aliphatic heterocycles. The number of ether oxygens (including phenoxy) is 2. The topological polar surface area (TPSA) is 92.8 Å². The van der Waals surface area contributed by atoms with Crippen LogP contribution in [0.4, 0.5) is 9.18 Å². The SMILES string of the molecule is COC(=O)NCCCc1nc([C@@H](C)N(C(=O)[C@H]2CNCCO2)C2CC2)sc1-c1cccc(F)c1. The van der Waals surface area contributed by atoms with E-state index in [-0.39, 0.29) is 23.8 Å². The first-order valence-corrected chi connectivity index (χ1v) is 12.5. The molecule has 0 radical (unpaired) electrons. The van der Waals surface area contributed by atoms with Crippen molar-refractivity contribution < 1.29 is 23.5 Å². The number of hydrogen-bond acceptors (Lipinski definition) is 7. The second-order valence-electron chi connectivity index (χ2n) is 8.58. The van der Waals surface area contributed by atoms with Crippen LogP contribution in [0, 0.1) is 5.82 Å². The van der Waals surface area contributed by atoms with Gasteiger partial charge in [-0.05, 0) is 50.3 Å². The average Bonchev–Trinajstić information content (AvgIpc) is 3.59. The van der Waals surface area contributed by atoms with Crippen molar-refractivity contribution in [2.24, 2.45) is 0 Å². The van der Waals surface area contributed by atoms with Gasteiger partial charge in [0.1, 0.15) is 16.9 Å². The number of alkyl carbamates (subject to hydrolysis) is 1. The quantitative estimate of drug-likeness (QED) is 0.524. The smallest absolute Gasteiger partial charge is 0.406 e. The van der Waals surface area contributed by atoms with Gasteiger partial charge in [-0.1, -0.05) is 12.1 Å². The maximum absolute atomic E-state index is 14.0. The Kier molecular flexibility index (Phi) is 8.12. The summed E-state index contributed by atoms with van der Waals surface area (Å²) in [6.07, 6.45) is 2.25. The van der Waals surface area contributed by atoms with E-state index in [1.165, 1.54) is 30.6 Å². The molecule has 0 unspecified atom stereocenters. The monoisotopic (exact) mass is 490 g/mol. The molecule has 2 heterocycles. The third-order valence-electron chi connectivity index (χ3n) is 6.02. The van der Waals surface area contributed by atoms with Gasteiger partial charge in [-0.15, -0.1) is 11.3 Å². The van der Waals surface area contributed by atoms with Gasteiger partial charge in [-0.25, -0.2) is 14.2 Å². The molecule has 184 valence electrons. The van der Waals surface area contributed by atoms with E-state index in [4.69, 9.17) is 9.72 Å². The molecule has 1 saturated heterocycles. The van der Waals surface area contributed by atoms with Crippen molar-refractivity contribution in [2.75, 3.05) is 33.4 Å². The summed E-state index contributed by atoms with van der Waals surface area (Å²) in [5.74, 6) is -0.316. The van der Waals surface area contributed by atoms with E-state index < -0.39 is 12.2 Å². The number of methoxy groups -OCH3 is 1. The van der Waals surface area contributed by atoms with Crippen LogP contribution in [0.1, 0.15) is 42.9 Å². The molecule has 10 heteroatoms. The molecule has 1 aromatic carbocycles. The van der Waals surface area contributed by atoms with Crippen molar-refractivity contribution >= 4 is 23.3 Å². The number of nitrogens with zero attached hydrogens (tertiary/aromatic N) is 2. The van der Waals surface area contributed by atoms with Crippen LogP contribution in [0.5, 0.6) is 0 Å². The lowest BCUT2D eigenvalue weighted by Crippen LogP contribution is -2.50. The van der Waals surface area contributed by atoms with Crippen molar-refractivity contribution in [1.82, 2.24) is 20.5 Å². The van der Waals surface area contributed by atoms with Crippen molar-refractivity contribution in [1.29, 1.82) is 0 Å². The van der Waals surface area contributed by atoms with Crippen molar-refractivity contribution in [3.05, 3.63) is 40.8 Å². The van der Waals surface area contributed by atoms with E-state index in [1.807, 2.05) is 17.9 Å². The van der Waals surface area contributed by atoms with Gasteiger partial charge in [0.05, 0.1) is 30.3 Å². The van der Waals surface area contributed by atoms with Gasteiger partial charge in [-0.3, -0.25) is 4.79 Å². The molecule has 2 fully saturated rings. The minimum Gasteiger partial charge on any atom is -0.453 e. The lowest BCUT2D eigenvalue weighted by molar-refractivity contribution is -0.148. The number of carbonyl (C=O) groups excluding carboxylic acids is 2. The minimum atomic E-state index is -0.483. The molecular formula is C24H31FN4O4S. The number of thiazole rings is 1. The van der Waals surface area contributed by atoms with Crippen LogP contribution in [-0.2, 0) is 20.7 Å². The van der Waals surface area contributed by atoms with E-state index in [0.717, 1.165) is 40.5 Å². The van der Waals surface area contributed by atoms with Gasteiger partial charge in [0.15, 0.2) is 0 Å². The van der Waals surface area contributed by atoms with Crippen LogP contribution in [-0.4, -0.2) is 67.4 Å². The molecule has 2 amide bonds. The van der Waals surface area contributed by atoms with Crippen LogP contribution in [0.3, 0.4) is 0 Å². The summed E-state index contributed by atoms with van der Waals surface area (Å²) in [6, 6.07) is 6.45. The van der Waals surface area contributed by atoms with Crippen molar-refractivity contribution in [3.63, 3.8) is 0 Å². The summed E-state index contributed by atoms with van der Waals surface area (Å²) in [7, 11) is 1.33. The van der Waals surface area contributed by atoms with E-state index >= 15 is 0 Å². The highest BCUT2D eigenvalue weighted by Gasteiger charge is 2.41. The summed E-state index contributed by atoms with van der Waals surface area (Å²) < 4.78 is 24.3. The molecule has 8 nitrogen and oxygen atoms in total. The Morgan fingerprint density at radius 1 is 1.41 bits per heavy atom. The number of aromatic nitrogens is 1. The normalized spacial score (nSPS) is 18.9. The number of benzene rings is 1. The van der Waals surface area contributed by atoms with Crippen LogP contribution in [0.25, 0.3) is 10.4 Å². The Bertz CT molecular complexity index is 1010. The minimum absolute atomic E-state index is 0.00599. The van der Waals surface area contributed by atoms with Gasteiger partial charge in [0.25, 0.3) is 5.91 Å². The molecule has 1 saturated carbocycles. The highest BCUT2D eigenvalue weighted by atomic mass is 32.1. The maximum atomic E-state index is 14.0. The van der Waals surface area contributed by atoms with E-state index in [2.05, 4.69) is 15.4 Å². The lowest BCUT2D eigenvalue weighted by atomic mass is 10.1. The lowest BCUT2D eigenvalue weighted by Gasteiger charge is -2.33. The summed E-state index contributed by atoms with van der Waals surface area (Å²) in [5, 5.41) is 6.72. The molecule has 2 atom stereocenters. The van der Waals surface area contributed by atoms with E-state index in [0.29, 0.717) is 32.5 Å². The van der Waals surface area contributed by atoms with Crippen LogP contribution in [0.15, 0.2) is 24.3 Å². The third-order valence-corrected chi connectivity index (χ3v) is 7.34. The zero-order chi connectivity index (χ0) is 24.1. The molecule has 34 heavy (non-hydrogen) atoms. The maximum Gasteiger partial charge on any atom is 0.406 e. The fourth-order valence-corrected chi connectivity index (χ4v) is 5.30. The predicted molar refractivity (Wildman–Crippen MR) is 127 cm³/mol. The molecule has 1 aliphatic carbocycles. The number of rotatable bonds is 9. The molecule has 2 aliphatic rings. The van der Waals surface area contributed by atoms with Crippen LogP contribution in [0.2, 0.25) is 0 Å². The molecule has 0 bridgehead atoms. The second kappa shape index (κ2) is 11.2. The number of nitrogens with one attached hydrogen (secondary N) is 2. The number of halogens is 1. The number of amides is 2. The Labute approximate surface area is 202 Å². The first kappa shape index (κ1) is 24.6. The molecule has 4 rings (SSSR count). The molecule has 2 aromatic rings. The molecule has 2 N–H and O–H groups in total. The standard InChI is InChI=1S/C24H31FN4O4S/c1-15(29(18-8-9-18)23(30)20-14-26-11-12-33-20)22-28-19(7-4-10-27-24(31)32-2)21(34-22)16-5-3-6-17(25)13-16/h3,5-6,13,15,18,20,26H,4,7-12,14H2,1-2H3,(H,27,31)/t15-,20-/m1/s1. The number of hydrogen-bond donors (Lipinski definition) is 2. The first-order valence-electron chi connectivity index (χ1n) is 11.7. The predicted octanol–water partition coefficient (Wildman–Crippen LogP) is 3.28. The molecule has 0 spiro atoms. The number of morpholine rings is 1. The van der Waals surface area contributed by atoms with Gasteiger partial charge < -0.3 is 25.0 Å². The van der Waals surface area contributed by atoms with Crippen molar-refractivity contribution in [3.8, 4) is 10.4 Å². The zero-order valence-corrected chi connectivity index (χ0v) is 20.3. The van der Waals surface area contributed by atoms with Gasteiger partial charge in [-0.2, -0.15) is 0 Å². The largest absolute Gasteiger partial charge is 0.453 e. The first-order chi connectivity index (χ1) is 16.5. The third kappa shape index (κ3) is 5.92. The summed E-state index contributed by atoms with van der Waals surface area (Å²) in [5.41, 5.74) is 1.60. The zero-order valence-electron chi connectivity index (χ0n) is 19.5. The van der Waals surface area contributed by atoms with Crippen LogP contribution >= 0.6 is 11.3 Å². The fourth-order valence-electron chi connectivity index (χ4n) is 4.14. The highest BCUT2D eigenvalue weighted by molar-refractivity contribution is 7.15. The fraction of sp³-hybridized carbons (Fsp3) is 0.542. The summed E-state index contributed by atoms with van der Waals surface area (Å²) >= 11 is 1.50. The van der Waals surface area contributed by atoms with Crippen molar-refractivity contribution in [2.45, 2.75) is 50.8 Å². The van der Waals surface area contributed by atoms with Crippen LogP contribution < -0.4 is 10.6 Å². The Hall–Kier alpha value is -2.56. The Morgan fingerprint density at radius 2 is 2.24 bits per heavy atom. The summed E-state index contributed by atoms with van der Waals surface area (Å²) in [6.45, 7) is 4.23. The Morgan fingerprint density at radius 3 is 2.91 bits per heavy atom. The van der Waals surface area contributed by atoms with E-state index in [9.17, 15) is 14.0 Å². The van der Waals surface area contributed by atoms with Gasteiger partial charge in [0.2, 0.25) is 0 Å². The molecular weight excluding hydrogens is 459 g/mol. The number of carbonyl (C=O) groups is 2. The molecule has 1 aromatic heterocycles.